The smallest absolute Gasteiger partial charge is 0.242 e. The van der Waals surface area contributed by atoms with Crippen LogP contribution in [0.25, 0.3) is 0 Å². The average molecular weight is 141 g/mol. The fourth-order valence-electron chi connectivity index (χ4n) is 0.610. The third kappa shape index (κ3) is 1.43. The van der Waals surface area contributed by atoms with Crippen LogP contribution in [0.4, 0.5) is 5.95 Å². The molecule has 0 saturated carbocycles. The normalized spacial score (nSPS) is 10.4. The summed E-state index contributed by atoms with van der Waals surface area (Å²) >= 11 is 0. The molecule has 0 aromatic carbocycles. The van der Waals surface area contributed by atoms with Gasteiger partial charge in [-0.15, -0.1) is 0 Å². The van der Waals surface area contributed by atoms with Gasteiger partial charge in [-0.05, 0) is 24.3 Å². The first-order chi connectivity index (χ1) is 4.70. The maximum absolute atomic E-state index is 3.75. The molecular formula is C5H11N5. The number of aryl methyl sites for hydroxylation is 1. The molecule has 1 heterocycles. The monoisotopic (exact) mass is 141 g/mol. The molecule has 0 aliphatic rings. The van der Waals surface area contributed by atoms with E-state index in [0.717, 1.165) is 0 Å². The Balaban J connectivity index is 2.65. The van der Waals surface area contributed by atoms with Crippen LogP contribution in [0, 0.1) is 0 Å². The maximum Gasteiger partial charge on any atom is 0.242 e. The largest absolute Gasteiger partial charge is 0.351 e. The van der Waals surface area contributed by atoms with E-state index in [2.05, 4.69) is 20.8 Å². The lowest BCUT2D eigenvalue weighted by Crippen LogP contribution is -2.13. The summed E-state index contributed by atoms with van der Waals surface area (Å²) in [5.41, 5.74) is 0. The first kappa shape index (κ1) is 6.98. The van der Waals surface area contributed by atoms with Gasteiger partial charge in [-0.25, -0.2) is 4.68 Å². The second-order valence-electron chi connectivity index (χ2n) is 2.43. The van der Waals surface area contributed by atoms with Crippen molar-refractivity contribution in [2.75, 3.05) is 5.32 Å². The number of aromatic nitrogens is 4. The minimum absolute atomic E-state index is 0.365. The zero-order valence-corrected chi connectivity index (χ0v) is 6.37. The Morgan fingerprint density at radius 2 is 2.20 bits per heavy atom. The zero-order valence-electron chi connectivity index (χ0n) is 6.37. The van der Waals surface area contributed by atoms with Crippen molar-refractivity contribution < 1.29 is 0 Å². The van der Waals surface area contributed by atoms with Gasteiger partial charge in [0.05, 0.1) is 0 Å². The Morgan fingerprint density at radius 1 is 1.50 bits per heavy atom. The van der Waals surface area contributed by atoms with Crippen LogP contribution in [0.15, 0.2) is 0 Å². The van der Waals surface area contributed by atoms with Gasteiger partial charge in [-0.2, -0.15) is 0 Å². The molecule has 1 rings (SSSR count). The topological polar surface area (TPSA) is 55.6 Å². The summed E-state index contributed by atoms with van der Waals surface area (Å²) in [6.45, 7) is 4.07. The van der Waals surface area contributed by atoms with Crippen molar-refractivity contribution in [3.8, 4) is 0 Å². The predicted molar refractivity (Wildman–Crippen MR) is 37.6 cm³/mol. The van der Waals surface area contributed by atoms with Gasteiger partial charge < -0.3 is 5.32 Å². The maximum atomic E-state index is 3.75. The summed E-state index contributed by atoms with van der Waals surface area (Å²) in [6.07, 6.45) is 0. The number of tetrazole rings is 1. The summed E-state index contributed by atoms with van der Waals surface area (Å²) in [7, 11) is 1.80. The SMILES string of the molecule is CC(C)Nc1nnnn1C. The van der Waals surface area contributed by atoms with Gasteiger partial charge in [-0.1, -0.05) is 5.10 Å². The molecule has 1 aromatic rings. The number of nitrogens with one attached hydrogen (secondary N) is 1. The van der Waals surface area contributed by atoms with Crippen molar-refractivity contribution in [1.29, 1.82) is 0 Å². The van der Waals surface area contributed by atoms with Crippen LogP contribution in [0.2, 0.25) is 0 Å². The Labute approximate surface area is 59.4 Å². The van der Waals surface area contributed by atoms with Gasteiger partial charge >= 0.3 is 0 Å². The van der Waals surface area contributed by atoms with E-state index in [-0.39, 0.29) is 0 Å². The number of nitrogens with zero attached hydrogens (tertiary/aromatic N) is 4. The van der Waals surface area contributed by atoms with Crippen LogP contribution in [-0.4, -0.2) is 26.2 Å². The minimum Gasteiger partial charge on any atom is -0.351 e. The second-order valence-corrected chi connectivity index (χ2v) is 2.43. The van der Waals surface area contributed by atoms with Gasteiger partial charge in [0.2, 0.25) is 5.95 Å². The average Bonchev–Trinajstić information content (AvgIpc) is 2.15. The van der Waals surface area contributed by atoms with Crippen molar-refractivity contribution >= 4 is 5.95 Å². The first-order valence-electron chi connectivity index (χ1n) is 3.19. The van der Waals surface area contributed by atoms with Gasteiger partial charge in [0, 0.05) is 13.1 Å². The van der Waals surface area contributed by atoms with Crippen molar-refractivity contribution in [3.63, 3.8) is 0 Å². The van der Waals surface area contributed by atoms with Crippen LogP contribution in [0.1, 0.15) is 13.8 Å². The standard InChI is InChI=1S/C5H11N5/c1-4(2)6-5-7-8-9-10(5)3/h4H,1-3H3,(H,6,7,9). The highest BCUT2D eigenvalue weighted by atomic mass is 15.6. The Bertz CT molecular complexity index is 204. The Morgan fingerprint density at radius 3 is 2.60 bits per heavy atom. The van der Waals surface area contributed by atoms with Crippen molar-refractivity contribution in [1.82, 2.24) is 20.2 Å². The van der Waals surface area contributed by atoms with Gasteiger partial charge in [0.25, 0.3) is 0 Å². The Hall–Kier alpha value is -1.13. The van der Waals surface area contributed by atoms with E-state index in [1.807, 2.05) is 13.8 Å². The number of hydrogen-bond donors (Lipinski definition) is 1. The molecule has 1 aromatic heterocycles. The second kappa shape index (κ2) is 2.64. The number of rotatable bonds is 2. The molecule has 0 amide bonds. The molecule has 56 valence electrons. The number of anilines is 1. The third-order valence-electron chi connectivity index (χ3n) is 1.04. The minimum atomic E-state index is 0.365. The molecule has 0 atom stereocenters. The molecule has 5 nitrogen and oxygen atoms in total. The molecule has 0 aliphatic heterocycles. The van der Waals surface area contributed by atoms with Crippen LogP contribution >= 0.6 is 0 Å². The molecule has 0 spiro atoms. The highest BCUT2D eigenvalue weighted by Crippen LogP contribution is 1.97. The lowest BCUT2D eigenvalue weighted by Gasteiger charge is -2.05. The van der Waals surface area contributed by atoms with E-state index >= 15 is 0 Å². The molecule has 0 unspecified atom stereocenters. The summed E-state index contributed by atoms with van der Waals surface area (Å²) in [5, 5.41) is 14.0. The molecule has 1 N–H and O–H groups in total. The van der Waals surface area contributed by atoms with Crippen molar-refractivity contribution in [2.45, 2.75) is 19.9 Å². The fraction of sp³-hybridized carbons (Fsp3) is 0.800. The molecule has 0 bridgehead atoms. The number of hydrogen-bond acceptors (Lipinski definition) is 4. The van der Waals surface area contributed by atoms with E-state index in [1.54, 1.807) is 11.7 Å². The molecular weight excluding hydrogens is 130 g/mol. The lowest BCUT2D eigenvalue weighted by atomic mass is 10.4. The molecule has 0 fully saturated rings. The van der Waals surface area contributed by atoms with E-state index in [0.29, 0.717) is 12.0 Å². The lowest BCUT2D eigenvalue weighted by molar-refractivity contribution is 0.707. The third-order valence-corrected chi connectivity index (χ3v) is 1.04. The van der Waals surface area contributed by atoms with Crippen molar-refractivity contribution in [2.24, 2.45) is 7.05 Å². The first-order valence-corrected chi connectivity index (χ1v) is 3.19. The van der Waals surface area contributed by atoms with Gasteiger partial charge in [-0.3, -0.25) is 0 Å². The highest BCUT2D eigenvalue weighted by molar-refractivity contribution is 5.21. The summed E-state index contributed by atoms with van der Waals surface area (Å²) < 4.78 is 1.60. The van der Waals surface area contributed by atoms with Crippen LogP contribution in [0.3, 0.4) is 0 Å². The van der Waals surface area contributed by atoms with Crippen LogP contribution < -0.4 is 5.32 Å². The molecule has 10 heavy (non-hydrogen) atoms. The van der Waals surface area contributed by atoms with E-state index < -0.39 is 0 Å². The molecule has 5 heteroatoms. The molecule has 0 aliphatic carbocycles. The van der Waals surface area contributed by atoms with Gasteiger partial charge in [0.15, 0.2) is 0 Å². The van der Waals surface area contributed by atoms with E-state index in [4.69, 9.17) is 0 Å². The summed E-state index contributed by atoms with van der Waals surface area (Å²) in [4.78, 5) is 0. The van der Waals surface area contributed by atoms with E-state index in [1.165, 1.54) is 0 Å². The Kier molecular flexibility index (Phi) is 1.84. The predicted octanol–water partition coefficient (Wildman–Crippen LogP) is 0.0304. The molecule has 0 saturated heterocycles. The molecule has 0 radical (unpaired) electrons. The van der Waals surface area contributed by atoms with Crippen molar-refractivity contribution in [3.05, 3.63) is 0 Å². The quantitative estimate of drug-likeness (QED) is 0.631. The fourth-order valence-corrected chi connectivity index (χ4v) is 0.610. The van der Waals surface area contributed by atoms with Gasteiger partial charge in [0.1, 0.15) is 0 Å². The van der Waals surface area contributed by atoms with E-state index in [9.17, 15) is 0 Å². The summed E-state index contributed by atoms with van der Waals surface area (Å²) in [5.74, 6) is 0.704. The zero-order chi connectivity index (χ0) is 7.56. The summed E-state index contributed by atoms with van der Waals surface area (Å²) in [6, 6.07) is 0.365. The van der Waals surface area contributed by atoms with Crippen LogP contribution in [0.5, 0.6) is 0 Å². The van der Waals surface area contributed by atoms with Crippen LogP contribution in [-0.2, 0) is 7.05 Å². The highest BCUT2D eigenvalue weighted by Gasteiger charge is 2.00.